The zero-order chi connectivity index (χ0) is 16.9. The van der Waals surface area contributed by atoms with E-state index in [1.807, 2.05) is 38.4 Å². The highest BCUT2D eigenvalue weighted by Crippen LogP contribution is 2.17. The van der Waals surface area contributed by atoms with Crippen LogP contribution < -0.4 is 5.73 Å². The summed E-state index contributed by atoms with van der Waals surface area (Å²) in [7, 11) is 0.276. The molecule has 0 radical (unpaired) electrons. The fourth-order valence-corrected chi connectivity index (χ4v) is 3.84. The van der Waals surface area contributed by atoms with Crippen molar-refractivity contribution in [3.63, 3.8) is 0 Å². The van der Waals surface area contributed by atoms with Gasteiger partial charge in [0.25, 0.3) is 0 Å². The predicted octanol–water partition coefficient (Wildman–Crippen LogP) is 0.843. The zero-order valence-corrected chi connectivity index (χ0v) is 17.2. The number of sulfonamides is 1. The maximum Gasteiger partial charge on any atom is 0.218 e. The van der Waals surface area contributed by atoms with Crippen molar-refractivity contribution in [2.75, 3.05) is 40.4 Å². The molecule has 0 unspecified atom stereocenters. The molecule has 9 heteroatoms. The predicted molar refractivity (Wildman–Crippen MR) is 106 cm³/mol. The van der Waals surface area contributed by atoms with Gasteiger partial charge in [-0.2, -0.15) is 4.31 Å². The molecule has 0 spiro atoms. The van der Waals surface area contributed by atoms with Gasteiger partial charge < -0.3 is 15.4 Å². The first-order chi connectivity index (χ1) is 10.9. The highest BCUT2D eigenvalue weighted by Gasteiger charge is 2.25. The van der Waals surface area contributed by atoms with Gasteiger partial charge >= 0.3 is 0 Å². The quantitative estimate of drug-likeness (QED) is 0.393. The van der Waals surface area contributed by atoms with Gasteiger partial charge in [-0.15, -0.1) is 24.0 Å². The molecule has 0 bridgehead atoms. The third-order valence-electron chi connectivity index (χ3n) is 3.69. The summed E-state index contributed by atoms with van der Waals surface area (Å²) in [4.78, 5) is 6.00. The summed E-state index contributed by atoms with van der Waals surface area (Å²) in [5, 5.41) is 0. The summed E-state index contributed by atoms with van der Waals surface area (Å²) in [6.07, 6.45) is 0. The molecule has 2 rings (SSSR count). The van der Waals surface area contributed by atoms with E-state index < -0.39 is 10.0 Å². The molecule has 7 nitrogen and oxygen atoms in total. The van der Waals surface area contributed by atoms with Gasteiger partial charge in [0.2, 0.25) is 10.0 Å². The second kappa shape index (κ2) is 9.54. The smallest absolute Gasteiger partial charge is 0.218 e. The average molecular weight is 468 g/mol. The molecule has 0 atom stereocenters. The van der Waals surface area contributed by atoms with E-state index in [1.54, 1.807) is 4.90 Å². The summed E-state index contributed by atoms with van der Waals surface area (Å²) in [6, 6.07) is 7.43. The molecule has 0 aliphatic carbocycles. The molecule has 1 fully saturated rings. The largest absolute Gasteiger partial charge is 0.379 e. The molecule has 0 saturated carbocycles. The van der Waals surface area contributed by atoms with Gasteiger partial charge in [0.05, 0.1) is 25.5 Å². The summed E-state index contributed by atoms with van der Waals surface area (Å²) in [5.41, 5.74) is 7.42. The molecule has 1 aromatic carbocycles. The van der Waals surface area contributed by atoms with Crippen molar-refractivity contribution < 1.29 is 13.2 Å². The Kier molecular flexibility index (Phi) is 8.40. The molecule has 0 amide bonds. The fraction of sp³-hybridized carbons (Fsp3) is 0.533. The van der Waals surface area contributed by atoms with Gasteiger partial charge in [0.1, 0.15) is 0 Å². The lowest BCUT2D eigenvalue weighted by molar-refractivity contribution is 0.0729. The van der Waals surface area contributed by atoms with Gasteiger partial charge in [-0.1, -0.05) is 24.3 Å². The summed E-state index contributed by atoms with van der Waals surface area (Å²) in [5.74, 6) is 0.386. The molecular formula is C15H25IN4O3S. The van der Waals surface area contributed by atoms with Crippen LogP contribution in [0.15, 0.2) is 29.3 Å². The highest BCUT2D eigenvalue weighted by atomic mass is 127. The molecule has 1 aliphatic heterocycles. The van der Waals surface area contributed by atoms with Crippen molar-refractivity contribution in [2.45, 2.75) is 12.3 Å². The SMILES string of the molecule is CN(C)C(N)=NCc1ccccc1CS(=O)(=O)N1CCOCC1.I. The van der Waals surface area contributed by atoms with Gasteiger partial charge in [-0.25, -0.2) is 13.4 Å². The summed E-state index contributed by atoms with van der Waals surface area (Å²) < 4.78 is 31.8. The monoisotopic (exact) mass is 468 g/mol. The van der Waals surface area contributed by atoms with Crippen molar-refractivity contribution >= 4 is 40.0 Å². The van der Waals surface area contributed by atoms with Crippen LogP contribution in [0, 0.1) is 0 Å². The van der Waals surface area contributed by atoms with Crippen LogP contribution in [0.1, 0.15) is 11.1 Å². The van der Waals surface area contributed by atoms with E-state index in [4.69, 9.17) is 10.5 Å². The van der Waals surface area contributed by atoms with E-state index in [0.29, 0.717) is 38.8 Å². The Hall–Kier alpha value is -0.910. The number of hydrogen-bond donors (Lipinski definition) is 1. The Morgan fingerprint density at radius 2 is 1.83 bits per heavy atom. The minimum atomic E-state index is -3.35. The first-order valence-electron chi connectivity index (χ1n) is 7.50. The van der Waals surface area contributed by atoms with Gasteiger partial charge in [-0.05, 0) is 11.1 Å². The first kappa shape index (κ1) is 21.1. The Bertz CT molecular complexity index is 658. The van der Waals surface area contributed by atoms with E-state index in [9.17, 15) is 8.42 Å². The van der Waals surface area contributed by atoms with E-state index in [0.717, 1.165) is 11.1 Å². The van der Waals surface area contributed by atoms with Crippen LogP contribution in [0.25, 0.3) is 0 Å². The van der Waals surface area contributed by atoms with Gasteiger partial charge in [0.15, 0.2) is 5.96 Å². The fourth-order valence-electron chi connectivity index (χ4n) is 2.27. The van der Waals surface area contributed by atoms with Crippen LogP contribution in [0.2, 0.25) is 0 Å². The van der Waals surface area contributed by atoms with Crippen LogP contribution in [0.3, 0.4) is 0 Å². The van der Waals surface area contributed by atoms with E-state index in [1.165, 1.54) is 4.31 Å². The first-order valence-corrected chi connectivity index (χ1v) is 9.10. The molecule has 136 valence electrons. The van der Waals surface area contributed by atoms with Crippen molar-refractivity contribution in [3.8, 4) is 0 Å². The number of benzene rings is 1. The molecule has 24 heavy (non-hydrogen) atoms. The molecule has 1 saturated heterocycles. The normalized spacial score (nSPS) is 16.5. The van der Waals surface area contributed by atoms with E-state index >= 15 is 0 Å². The van der Waals surface area contributed by atoms with Crippen molar-refractivity contribution in [2.24, 2.45) is 10.7 Å². The maximum absolute atomic E-state index is 12.6. The van der Waals surface area contributed by atoms with E-state index in [-0.39, 0.29) is 29.7 Å². The second-order valence-electron chi connectivity index (χ2n) is 5.61. The number of guanidine groups is 1. The number of aliphatic imine (C=N–C) groups is 1. The topological polar surface area (TPSA) is 88.2 Å². The average Bonchev–Trinajstić information content (AvgIpc) is 2.54. The molecule has 1 heterocycles. The summed E-state index contributed by atoms with van der Waals surface area (Å²) >= 11 is 0. The van der Waals surface area contributed by atoms with Crippen molar-refractivity contribution in [1.29, 1.82) is 0 Å². The number of morpholine rings is 1. The lowest BCUT2D eigenvalue weighted by Gasteiger charge is -2.26. The van der Waals surface area contributed by atoms with Gasteiger partial charge in [-0.3, -0.25) is 0 Å². The van der Waals surface area contributed by atoms with Gasteiger partial charge in [0, 0.05) is 27.2 Å². The molecule has 1 aromatic rings. The van der Waals surface area contributed by atoms with Crippen LogP contribution >= 0.6 is 24.0 Å². The number of rotatable bonds is 5. The molecule has 2 N–H and O–H groups in total. The van der Waals surface area contributed by atoms with Crippen LogP contribution in [0.4, 0.5) is 0 Å². The Morgan fingerprint density at radius 1 is 1.25 bits per heavy atom. The number of halogens is 1. The molecular weight excluding hydrogens is 443 g/mol. The second-order valence-corrected chi connectivity index (χ2v) is 7.57. The minimum absolute atomic E-state index is 0. The Morgan fingerprint density at radius 3 is 2.42 bits per heavy atom. The third-order valence-corrected chi connectivity index (χ3v) is 5.52. The number of ether oxygens (including phenoxy) is 1. The number of nitrogens with two attached hydrogens (primary N) is 1. The number of hydrogen-bond acceptors (Lipinski definition) is 4. The van der Waals surface area contributed by atoms with Crippen molar-refractivity contribution in [1.82, 2.24) is 9.21 Å². The lowest BCUT2D eigenvalue weighted by atomic mass is 10.1. The third kappa shape index (κ3) is 5.87. The Balaban J connectivity index is 0.00000288. The minimum Gasteiger partial charge on any atom is -0.379 e. The van der Waals surface area contributed by atoms with Crippen LogP contribution in [-0.4, -0.2) is 64.0 Å². The molecule has 1 aliphatic rings. The standard InChI is InChI=1S/C15H24N4O3S.HI/c1-18(2)15(16)17-11-13-5-3-4-6-14(13)12-23(20,21)19-7-9-22-10-8-19;/h3-6H,7-12H2,1-2H3,(H2,16,17);1H. The highest BCUT2D eigenvalue weighted by molar-refractivity contribution is 14.0. The molecule has 0 aromatic heterocycles. The summed E-state index contributed by atoms with van der Waals surface area (Å²) in [6.45, 7) is 2.08. The van der Waals surface area contributed by atoms with E-state index in [2.05, 4.69) is 4.99 Å². The maximum atomic E-state index is 12.6. The van der Waals surface area contributed by atoms with Crippen molar-refractivity contribution in [3.05, 3.63) is 35.4 Å². The zero-order valence-electron chi connectivity index (χ0n) is 14.0. The lowest BCUT2D eigenvalue weighted by Crippen LogP contribution is -2.41. The van der Waals surface area contributed by atoms with Crippen LogP contribution in [0.5, 0.6) is 0 Å². The number of nitrogens with zero attached hydrogens (tertiary/aromatic N) is 3. The van der Waals surface area contributed by atoms with Crippen LogP contribution in [-0.2, 0) is 27.1 Å². The Labute approximate surface area is 160 Å².